The SMILES string of the molecule is CC(C)c1c[c]ccc1OCCO. The van der Waals surface area contributed by atoms with E-state index in [1.54, 1.807) is 0 Å². The van der Waals surface area contributed by atoms with E-state index in [2.05, 4.69) is 19.9 Å². The summed E-state index contributed by atoms with van der Waals surface area (Å²) in [6.07, 6.45) is 0. The highest BCUT2D eigenvalue weighted by molar-refractivity contribution is 5.34. The molecule has 0 aliphatic carbocycles. The third-order valence-corrected chi connectivity index (χ3v) is 1.83. The minimum atomic E-state index is 0.0517. The summed E-state index contributed by atoms with van der Waals surface area (Å²) in [6, 6.07) is 8.64. The molecular weight excluding hydrogens is 164 g/mol. The molecule has 2 heteroatoms. The number of ether oxygens (including phenoxy) is 1. The van der Waals surface area contributed by atoms with E-state index in [0.717, 1.165) is 11.3 Å². The molecule has 1 rings (SSSR count). The highest BCUT2D eigenvalue weighted by Crippen LogP contribution is 2.25. The van der Waals surface area contributed by atoms with Crippen LogP contribution in [0.3, 0.4) is 0 Å². The zero-order valence-corrected chi connectivity index (χ0v) is 8.08. The highest BCUT2D eigenvalue weighted by Gasteiger charge is 2.05. The molecule has 0 aliphatic rings. The zero-order valence-electron chi connectivity index (χ0n) is 8.08. The Balaban J connectivity index is 2.78. The Hall–Kier alpha value is -1.02. The standard InChI is InChI=1S/C11H15O2/c1-9(2)10-5-3-4-6-11(10)13-8-7-12/h4-6,9,12H,7-8H2,1-2H3. The van der Waals surface area contributed by atoms with E-state index in [1.807, 2.05) is 18.2 Å². The van der Waals surface area contributed by atoms with Crippen molar-refractivity contribution in [3.63, 3.8) is 0 Å². The van der Waals surface area contributed by atoms with Crippen molar-refractivity contribution in [2.45, 2.75) is 19.8 Å². The van der Waals surface area contributed by atoms with Gasteiger partial charge in [-0.05, 0) is 29.7 Å². The van der Waals surface area contributed by atoms with Crippen LogP contribution in [0, 0.1) is 6.07 Å². The van der Waals surface area contributed by atoms with Gasteiger partial charge in [-0.25, -0.2) is 0 Å². The maximum atomic E-state index is 8.62. The summed E-state index contributed by atoms with van der Waals surface area (Å²) in [5.74, 6) is 1.27. The van der Waals surface area contributed by atoms with Gasteiger partial charge in [-0.2, -0.15) is 0 Å². The average molecular weight is 179 g/mol. The first-order chi connectivity index (χ1) is 6.25. The van der Waals surface area contributed by atoms with Crippen LogP contribution < -0.4 is 4.74 Å². The third-order valence-electron chi connectivity index (χ3n) is 1.83. The van der Waals surface area contributed by atoms with Crippen molar-refractivity contribution in [1.82, 2.24) is 0 Å². The lowest BCUT2D eigenvalue weighted by atomic mass is 10.0. The number of aliphatic hydroxyl groups is 1. The maximum Gasteiger partial charge on any atom is 0.122 e. The van der Waals surface area contributed by atoms with Crippen LogP contribution in [0.25, 0.3) is 0 Å². The molecule has 0 heterocycles. The molecule has 0 unspecified atom stereocenters. The van der Waals surface area contributed by atoms with Gasteiger partial charge in [0.1, 0.15) is 12.4 Å². The lowest BCUT2D eigenvalue weighted by Crippen LogP contribution is -2.04. The van der Waals surface area contributed by atoms with Gasteiger partial charge in [0.25, 0.3) is 0 Å². The molecular formula is C11H15O2. The second-order valence-corrected chi connectivity index (χ2v) is 3.19. The summed E-state index contributed by atoms with van der Waals surface area (Å²) < 4.78 is 5.38. The van der Waals surface area contributed by atoms with Crippen LogP contribution in [0.1, 0.15) is 25.3 Å². The largest absolute Gasteiger partial charge is 0.491 e. The fourth-order valence-electron chi connectivity index (χ4n) is 1.17. The van der Waals surface area contributed by atoms with Crippen molar-refractivity contribution in [3.8, 4) is 5.75 Å². The lowest BCUT2D eigenvalue weighted by Gasteiger charge is -2.12. The van der Waals surface area contributed by atoms with Crippen molar-refractivity contribution in [2.75, 3.05) is 13.2 Å². The Kier molecular flexibility index (Phi) is 3.77. The number of hydrogen-bond donors (Lipinski definition) is 1. The third kappa shape index (κ3) is 2.74. The summed E-state index contributed by atoms with van der Waals surface area (Å²) in [6.45, 7) is 4.61. The van der Waals surface area contributed by atoms with Gasteiger partial charge in [0.05, 0.1) is 6.61 Å². The van der Waals surface area contributed by atoms with E-state index in [0.29, 0.717) is 12.5 Å². The maximum absolute atomic E-state index is 8.62. The van der Waals surface area contributed by atoms with Crippen molar-refractivity contribution in [3.05, 3.63) is 29.8 Å². The van der Waals surface area contributed by atoms with Crippen molar-refractivity contribution >= 4 is 0 Å². The molecule has 0 aliphatic heterocycles. The van der Waals surface area contributed by atoms with Crippen molar-refractivity contribution in [2.24, 2.45) is 0 Å². The van der Waals surface area contributed by atoms with Gasteiger partial charge in [0, 0.05) is 0 Å². The van der Waals surface area contributed by atoms with E-state index in [-0.39, 0.29) is 6.61 Å². The van der Waals surface area contributed by atoms with Gasteiger partial charge in [0.2, 0.25) is 0 Å². The molecule has 2 nitrogen and oxygen atoms in total. The van der Waals surface area contributed by atoms with Crippen molar-refractivity contribution in [1.29, 1.82) is 0 Å². The lowest BCUT2D eigenvalue weighted by molar-refractivity contribution is 0.200. The normalized spacial score (nSPS) is 10.5. The summed E-state index contributed by atoms with van der Waals surface area (Å²) in [5, 5.41) is 8.62. The Bertz CT molecular complexity index is 256. The number of rotatable bonds is 4. The molecule has 1 aromatic rings. The molecule has 0 atom stereocenters. The monoisotopic (exact) mass is 179 g/mol. The Morgan fingerprint density at radius 1 is 1.54 bits per heavy atom. The molecule has 71 valence electrons. The van der Waals surface area contributed by atoms with E-state index < -0.39 is 0 Å². The fourth-order valence-corrected chi connectivity index (χ4v) is 1.17. The molecule has 0 aromatic heterocycles. The van der Waals surface area contributed by atoms with Crippen LogP contribution in [0.15, 0.2) is 18.2 Å². The number of hydrogen-bond acceptors (Lipinski definition) is 2. The van der Waals surface area contributed by atoms with Crippen LogP contribution in [0.5, 0.6) is 5.75 Å². The second-order valence-electron chi connectivity index (χ2n) is 3.19. The average Bonchev–Trinajstić information content (AvgIpc) is 2.15. The van der Waals surface area contributed by atoms with Gasteiger partial charge in [0.15, 0.2) is 0 Å². The first-order valence-electron chi connectivity index (χ1n) is 4.49. The van der Waals surface area contributed by atoms with Gasteiger partial charge in [-0.3, -0.25) is 0 Å². The molecule has 0 saturated carbocycles. The molecule has 0 spiro atoms. The summed E-state index contributed by atoms with van der Waals surface area (Å²) in [7, 11) is 0. The van der Waals surface area contributed by atoms with Crippen LogP contribution in [0.2, 0.25) is 0 Å². The fraction of sp³-hybridized carbons (Fsp3) is 0.455. The molecule has 1 radical (unpaired) electrons. The number of aliphatic hydroxyl groups excluding tert-OH is 1. The predicted molar refractivity (Wildman–Crippen MR) is 51.9 cm³/mol. The topological polar surface area (TPSA) is 29.5 Å². The summed E-state index contributed by atoms with van der Waals surface area (Å²) >= 11 is 0. The Labute approximate surface area is 79.2 Å². The van der Waals surface area contributed by atoms with E-state index >= 15 is 0 Å². The second kappa shape index (κ2) is 4.87. The zero-order chi connectivity index (χ0) is 9.68. The molecule has 1 N–H and O–H groups in total. The van der Waals surface area contributed by atoms with Gasteiger partial charge in [-0.1, -0.05) is 19.9 Å². The van der Waals surface area contributed by atoms with Gasteiger partial charge in [-0.15, -0.1) is 0 Å². The van der Waals surface area contributed by atoms with Crippen LogP contribution in [0.4, 0.5) is 0 Å². The van der Waals surface area contributed by atoms with Gasteiger partial charge >= 0.3 is 0 Å². The highest BCUT2D eigenvalue weighted by atomic mass is 16.5. The van der Waals surface area contributed by atoms with Gasteiger partial charge < -0.3 is 9.84 Å². The van der Waals surface area contributed by atoms with Crippen LogP contribution >= 0.6 is 0 Å². The molecule has 0 fully saturated rings. The molecule has 1 aromatic carbocycles. The summed E-state index contributed by atoms with van der Waals surface area (Å²) in [5.41, 5.74) is 1.14. The van der Waals surface area contributed by atoms with Crippen LogP contribution in [-0.2, 0) is 0 Å². The first-order valence-corrected chi connectivity index (χ1v) is 4.49. The minimum absolute atomic E-state index is 0.0517. The quantitative estimate of drug-likeness (QED) is 0.765. The minimum Gasteiger partial charge on any atom is -0.491 e. The smallest absolute Gasteiger partial charge is 0.122 e. The number of benzene rings is 1. The predicted octanol–water partition coefficient (Wildman–Crippen LogP) is 1.98. The van der Waals surface area contributed by atoms with E-state index in [9.17, 15) is 0 Å². The Morgan fingerprint density at radius 2 is 2.31 bits per heavy atom. The van der Waals surface area contributed by atoms with E-state index in [4.69, 9.17) is 9.84 Å². The Morgan fingerprint density at radius 3 is 2.92 bits per heavy atom. The first kappa shape index (κ1) is 10.1. The molecule has 0 amide bonds. The van der Waals surface area contributed by atoms with Crippen LogP contribution in [-0.4, -0.2) is 18.3 Å². The van der Waals surface area contributed by atoms with E-state index in [1.165, 1.54) is 0 Å². The molecule has 0 bridgehead atoms. The van der Waals surface area contributed by atoms with Crippen molar-refractivity contribution < 1.29 is 9.84 Å². The summed E-state index contributed by atoms with van der Waals surface area (Å²) in [4.78, 5) is 0. The molecule has 0 saturated heterocycles. The molecule has 13 heavy (non-hydrogen) atoms.